The molecule has 1 saturated heterocycles. The number of amides is 2. The Hall–Kier alpha value is -4.10. The van der Waals surface area contributed by atoms with Crippen LogP contribution in [-0.2, 0) is 22.4 Å². The van der Waals surface area contributed by atoms with E-state index < -0.39 is 0 Å². The predicted octanol–water partition coefficient (Wildman–Crippen LogP) is 4.67. The molecule has 2 atom stereocenters. The number of likely N-dealkylation sites (N-methyl/N-ethyl adjacent to an activating group) is 1. The van der Waals surface area contributed by atoms with E-state index in [1.54, 1.807) is 14.0 Å². The van der Waals surface area contributed by atoms with Gasteiger partial charge in [-0.3, -0.25) is 9.59 Å². The first kappa shape index (κ1) is 29.4. The second-order valence-electron chi connectivity index (χ2n) is 11.3. The number of rotatable bonds is 10. The first-order chi connectivity index (χ1) is 20.3. The number of aryl methyl sites for hydroxylation is 1. The number of ether oxygens (including phenoxy) is 2. The van der Waals surface area contributed by atoms with Gasteiger partial charge in [0.25, 0.3) is 5.91 Å². The summed E-state index contributed by atoms with van der Waals surface area (Å²) in [6.07, 6.45) is 2.24. The largest absolute Gasteiger partial charge is 0.493 e. The topological polar surface area (TPSA) is 71.1 Å². The SMILES string of the molecule is COc1ccc(C)cc1OCCc1ccc(C2=C(C(=O)N(C)CCc3ccccc3)C3CN(C(C)=O)CC(C2)N3)cc1. The molecule has 1 N–H and O–H groups in total. The minimum absolute atomic E-state index is 0.0202. The van der Waals surface area contributed by atoms with Crippen molar-refractivity contribution >= 4 is 17.4 Å². The van der Waals surface area contributed by atoms with E-state index in [1.807, 2.05) is 60.2 Å². The van der Waals surface area contributed by atoms with Crippen LogP contribution in [0.15, 0.2) is 78.4 Å². The standard InChI is InChI=1S/C35H41N3O4/c1-24-10-15-32(41-4)33(20-24)42-19-17-27-11-13-28(14-12-27)30-21-29-22-38(25(2)39)23-31(36-29)34(30)35(40)37(3)18-16-26-8-6-5-7-9-26/h5-15,20,29,31,36H,16-19,21-23H2,1-4H3. The normalized spacial score (nSPS) is 18.0. The van der Waals surface area contributed by atoms with Gasteiger partial charge in [-0.15, -0.1) is 0 Å². The minimum atomic E-state index is -0.194. The summed E-state index contributed by atoms with van der Waals surface area (Å²) in [4.78, 5) is 30.0. The highest BCUT2D eigenvalue weighted by Crippen LogP contribution is 2.34. The van der Waals surface area contributed by atoms with Gasteiger partial charge in [-0.25, -0.2) is 0 Å². The van der Waals surface area contributed by atoms with Gasteiger partial charge in [0.2, 0.25) is 5.91 Å². The molecule has 2 aliphatic rings. The van der Waals surface area contributed by atoms with Crippen molar-refractivity contribution in [3.8, 4) is 11.5 Å². The molecule has 2 heterocycles. The van der Waals surface area contributed by atoms with E-state index in [9.17, 15) is 9.59 Å². The molecule has 0 aliphatic carbocycles. The van der Waals surface area contributed by atoms with E-state index in [4.69, 9.17) is 9.47 Å². The highest BCUT2D eigenvalue weighted by Gasteiger charge is 2.39. The number of fused-ring (bicyclic) bond motifs is 2. The Morgan fingerprint density at radius 3 is 2.40 bits per heavy atom. The molecule has 0 saturated carbocycles. The lowest BCUT2D eigenvalue weighted by atomic mass is 9.82. The van der Waals surface area contributed by atoms with E-state index in [1.165, 1.54) is 5.56 Å². The lowest BCUT2D eigenvalue weighted by Crippen LogP contribution is -2.61. The van der Waals surface area contributed by atoms with Gasteiger partial charge in [0.15, 0.2) is 11.5 Å². The van der Waals surface area contributed by atoms with Gasteiger partial charge in [0.1, 0.15) is 0 Å². The molecule has 2 amide bonds. The summed E-state index contributed by atoms with van der Waals surface area (Å²) in [5.74, 6) is 1.55. The Bertz CT molecular complexity index is 1430. The van der Waals surface area contributed by atoms with Crippen LogP contribution in [0, 0.1) is 6.92 Å². The average molecular weight is 568 g/mol. The highest BCUT2D eigenvalue weighted by molar-refractivity contribution is 6.03. The van der Waals surface area contributed by atoms with Gasteiger partial charge in [-0.1, -0.05) is 60.7 Å². The van der Waals surface area contributed by atoms with Crippen LogP contribution in [0.4, 0.5) is 0 Å². The molecule has 5 rings (SSSR count). The van der Waals surface area contributed by atoms with Crippen LogP contribution in [0.3, 0.4) is 0 Å². The van der Waals surface area contributed by atoms with Crippen LogP contribution in [0.5, 0.6) is 11.5 Å². The van der Waals surface area contributed by atoms with Crippen molar-refractivity contribution in [3.63, 3.8) is 0 Å². The average Bonchev–Trinajstić information content (AvgIpc) is 3.00. The molecule has 2 bridgehead atoms. The molecular formula is C35H41N3O4. The lowest BCUT2D eigenvalue weighted by Gasteiger charge is -2.44. The molecule has 0 radical (unpaired) electrons. The Kier molecular flexibility index (Phi) is 9.28. The maximum Gasteiger partial charge on any atom is 0.251 e. The number of benzene rings is 3. The van der Waals surface area contributed by atoms with Crippen molar-refractivity contribution in [2.75, 3.05) is 40.4 Å². The zero-order chi connectivity index (χ0) is 29.6. The number of piperazine rings is 1. The number of carbonyl (C=O) groups excluding carboxylic acids is 2. The van der Waals surface area contributed by atoms with Crippen molar-refractivity contribution < 1.29 is 19.1 Å². The van der Waals surface area contributed by atoms with Crippen LogP contribution in [0.25, 0.3) is 5.57 Å². The Labute approximate surface area is 249 Å². The van der Waals surface area contributed by atoms with Gasteiger partial charge in [-0.2, -0.15) is 0 Å². The van der Waals surface area contributed by atoms with Gasteiger partial charge >= 0.3 is 0 Å². The third kappa shape index (κ3) is 6.85. The first-order valence-corrected chi connectivity index (χ1v) is 14.7. The number of methoxy groups -OCH3 is 1. The van der Waals surface area contributed by atoms with Gasteiger partial charge in [-0.05, 0) is 59.7 Å². The Morgan fingerprint density at radius 1 is 0.952 bits per heavy atom. The molecule has 0 spiro atoms. The zero-order valence-corrected chi connectivity index (χ0v) is 25.1. The highest BCUT2D eigenvalue weighted by atomic mass is 16.5. The third-order valence-corrected chi connectivity index (χ3v) is 8.28. The summed E-state index contributed by atoms with van der Waals surface area (Å²) in [5.41, 5.74) is 6.40. The van der Waals surface area contributed by atoms with E-state index in [2.05, 4.69) is 41.7 Å². The van der Waals surface area contributed by atoms with E-state index in [-0.39, 0.29) is 23.9 Å². The zero-order valence-electron chi connectivity index (χ0n) is 25.1. The fourth-order valence-electron chi connectivity index (χ4n) is 5.92. The molecule has 7 nitrogen and oxygen atoms in total. The fraction of sp³-hybridized carbons (Fsp3) is 0.371. The van der Waals surface area contributed by atoms with Crippen molar-refractivity contribution in [1.29, 1.82) is 0 Å². The minimum Gasteiger partial charge on any atom is -0.493 e. The smallest absolute Gasteiger partial charge is 0.251 e. The molecule has 3 aromatic carbocycles. The van der Waals surface area contributed by atoms with Gasteiger partial charge in [0, 0.05) is 51.6 Å². The van der Waals surface area contributed by atoms with E-state index in [0.717, 1.165) is 52.2 Å². The summed E-state index contributed by atoms with van der Waals surface area (Å²) >= 11 is 0. The summed E-state index contributed by atoms with van der Waals surface area (Å²) < 4.78 is 11.5. The predicted molar refractivity (Wildman–Crippen MR) is 166 cm³/mol. The van der Waals surface area contributed by atoms with Crippen LogP contribution in [-0.4, -0.2) is 74.1 Å². The molecule has 220 valence electrons. The monoisotopic (exact) mass is 567 g/mol. The number of carbonyl (C=O) groups is 2. The molecule has 3 aromatic rings. The third-order valence-electron chi connectivity index (χ3n) is 8.28. The van der Waals surface area contributed by atoms with Crippen LogP contribution in [0.2, 0.25) is 0 Å². The Morgan fingerprint density at radius 2 is 1.69 bits per heavy atom. The second-order valence-corrected chi connectivity index (χ2v) is 11.3. The molecule has 0 aromatic heterocycles. The second kappa shape index (κ2) is 13.3. The van der Waals surface area contributed by atoms with Gasteiger partial charge in [0.05, 0.1) is 19.8 Å². The van der Waals surface area contributed by atoms with Crippen molar-refractivity contribution in [2.45, 2.75) is 45.2 Å². The van der Waals surface area contributed by atoms with E-state index >= 15 is 0 Å². The first-order valence-electron chi connectivity index (χ1n) is 14.7. The molecule has 2 aliphatic heterocycles. The van der Waals surface area contributed by atoms with Crippen molar-refractivity contribution in [3.05, 3.63) is 101 Å². The van der Waals surface area contributed by atoms with Crippen molar-refractivity contribution in [1.82, 2.24) is 15.1 Å². The number of nitrogens with one attached hydrogen (secondary N) is 1. The van der Waals surface area contributed by atoms with E-state index in [0.29, 0.717) is 32.7 Å². The summed E-state index contributed by atoms with van der Waals surface area (Å²) in [7, 11) is 3.53. The summed E-state index contributed by atoms with van der Waals surface area (Å²) in [6.45, 7) is 5.95. The maximum absolute atomic E-state index is 14.0. The molecule has 7 heteroatoms. The summed E-state index contributed by atoms with van der Waals surface area (Å²) in [5, 5.41) is 3.64. The summed E-state index contributed by atoms with van der Waals surface area (Å²) in [6, 6.07) is 24.6. The van der Waals surface area contributed by atoms with Crippen LogP contribution in [0.1, 0.15) is 35.6 Å². The fourth-order valence-corrected chi connectivity index (χ4v) is 5.92. The number of hydrogen-bond acceptors (Lipinski definition) is 5. The molecule has 1 fully saturated rings. The maximum atomic E-state index is 14.0. The van der Waals surface area contributed by atoms with Gasteiger partial charge < -0.3 is 24.6 Å². The molecule has 2 unspecified atom stereocenters. The Balaban J connectivity index is 1.34. The molecule has 42 heavy (non-hydrogen) atoms. The number of nitrogens with zero attached hydrogens (tertiary/aromatic N) is 2. The number of hydrogen-bond donors (Lipinski definition) is 1. The lowest BCUT2D eigenvalue weighted by molar-refractivity contribution is -0.132. The molecular weight excluding hydrogens is 526 g/mol. The van der Waals surface area contributed by atoms with Crippen LogP contribution >= 0.6 is 0 Å². The quantitative estimate of drug-likeness (QED) is 0.386. The van der Waals surface area contributed by atoms with Crippen molar-refractivity contribution in [2.24, 2.45) is 0 Å². The van der Waals surface area contributed by atoms with Crippen LogP contribution < -0.4 is 14.8 Å².